The monoisotopic (exact) mass is 382 g/mol. The van der Waals surface area contributed by atoms with Gasteiger partial charge in [0, 0.05) is 15.5 Å². The maximum absolute atomic E-state index is 10.4. The number of nitrogens with zero attached hydrogens (tertiary/aromatic N) is 2. The standard InChI is InChI=1S/C19H24Cl2N2O2/c1-4-5-6-7-8-19(2,3)18-22-16(24)15(17(25)23-18)12-9-13(20)11-14(21)10-12/h9-11H,4-8H2,1-3H3,(H2,22,23,24,25). The van der Waals surface area contributed by atoms with Crippen LogP contribution in [0.2, 0.25) is 10.0 Å². The van der Waals surface area contributed by atoms with Crippen LogP contribution in [0.4, 0.5) is 0 Å². The van der Waals surface area contributed by atoms with Crippen molar-refractivity contribution >= 4 is 23.2 Å². The van der Waals surface area contributed by atoms with Crippen LogP contribution in [0.15, 0.2) is 18.2 Å². The summed E-state index contributed by atoms with van der Waals surface area (Å²) in [7, 11) is 0. The van der Waals surface area contributed by atoms with Crippen LogP contribution < -0.4 is 0 Å². The van der Waals surface area contributed by atoms with Gasteiger partial charge in [0.25, 0.3) is 0 Å². The third-order valence-corrected chi connectivity index (χ3v) is 4.72. The lowest BCUT2D eigenvalue weighted by molar-refractivity contribution is 0.380. The molecular formula is C19H24Cl2N2O2. The van der Waals surface area contributed by atoms with Crippen molar-refractivity contribution < 1.29 is 10.2 Å². The van der Waals surface area contributed by atoms with E-state index >= 15 is 0 Å². The Balaban J connectivity index is 2.33. The fraction of sp³-hybridized carbons (Fsp3) is 0.474. The second-order valence-electron chi connectivity index (χ2n) is 6.92. The number of aromatic nitrogens is 2. The van der Waals surface area contributed by atoms with E-state index in [1.54, 1.807) is 18.2 Å². The van der Waals surface area contributed by atoms with Crippen molar-refractivity contribution in [1.82, 2.24) is 9.97 Å². The molecule has 1 aromatic carbocycles. The molecule has 2 N–H and O–H groups in total. The first-order chi connectivity index (χ1) is 11.7. The van der Waals surface area contributed by atoms with Crippen LogP contribution in [0, 0.1) is 0 Å². The lowest BCUT2D eigenvalue weighted by Gasteiger charge is -2.23. The van der Waals surface area contributed by atoms with Gasteiger partial charge in [-0.1, -0.05) is 69.7 Å². The van der Waals surface area contributed by atoms with Gasteiger partial charge in [0.2, 0.25) is 11.8 Å². The molecule has 4 nitrogen and oxygen atoms in total. The van der Waals surface area contributed by atoms with Crippen LogP contribution in [0.1, 0.15) is 58.7 Å². The minimum atomic E-state index is -0.340. The fourth-order valence-electron chi connectivity index (χ4n) is 2.80. The maximum atomic E-state index is 10.4. The summed E-state index contributed by atoms with van der Waals surface area (Å²) in [6, 6.07) is 4.78. The first-order valence-corrected chi connectivity index (χ1v) is 9.27. The molecule has 0 radical (unpaired) electrons. The highest BCUT2D eigenvalue weighted by molar-refractivity contribution is 6.35. The zero-order chi connectivity index (χ0) is 18.6. The minimum Gasteiger partial charge on any atom is -0.493 e. The van der Waals surface area contributed by atoms with Crippen LogP contribution in [0.5, 0.6) is 11.8 Å². The Kier molecular flexibility index (Phi) is 6.53. The number of unbranched alkanes of at least 4 members (excludes halogenated alkanes) is 3. The van der Waals surface area contributed by atoms with Gasteiger partial charge in [-0.25, -0.2) is 0 Å². The van der Waals surface area contributed by atoms with Gasteiger partial charge in [-0.3, -0.25) is 0 Å². The predicted octanol–water partition coefficient (Wildman–Crippen LogP) is 6.11. The molecule has 0 saturated carbocycles. The summed E-state index contributed by atoms with van der Waals surface area (Å²) in [6.07, 6.45) is 5.46. The van der Waals surface area contributed by atoms with Gasteiger partial charge in [-0.15, -0.1) is 0 Å². The van der Waals surface area contributed by atoms with Crippen molar-refractivity contribution in [3.63, 3.8) is 0 Å². The summed E-state index contributed by atoms with van der Waals surface area (Å²) >= 11 is 12.0. The van der Waals surface area contributed by atoms with Crippen LogP contribution in [-0.4, -0.2) is 20.2 Å². The topological polar surface area (TPSA) is 66.2 Å². The maximum Gasteiger partial charge on any atom is 0.226 e. The molecule has 2 aromatic rings. The molecule has 0 unspecified atom stereocenters. The first kappa shape index (κ1) is 19.8. The second-order valence-corrected chi connectivity index (χ2v) is 7.79. The Bertz CT molecular complexity index is 705. The molecule has 2 rings (SSSR count). The summed E-state index contributed by atoms with van der Waals surface area (Å²) in [4.78, 5) is 8.48. The molecule has 0 atom stereocenters. The van der Waals surface area contributed by atoms with Gasteiger partial charge in [0.15, 0.2) is 0 Å². The smallest absolute Gasteiger partial charge is 0.226 e. The number of rotatable bonds is 7. The van der Waals surface area contributed by atoms with E-state index in [1.165, 1.54) is 12.8 Å². The highest BCUT2D eigenvalue weighted by atomic mass is 35.5. The van der Waals surface area contributed by atoms with Crippen LogP contribution in [-0.2, 0) is 5.41 Å². The van der Waals surface area contributed by atoms with E-state index in [0.717, 1.165) is 19.3 Å². The highest BCUT2D eigenvalue weighted by Gasteiger charge is 2.27. The van der Waals surface area contributed by atoms with Crippen molar-refractivity contribution in [3.05, 3.63) is 34.1 Å². The van der Waals surface area contributed by atoms with Gasteiger partial charge >= 0.3 is 0 Å². The molecule has 0 fully saturated rings. The number of halogens is 2. The zero-order valence-electron chi connectivity index (χ0n) is 14.8. The summed E-state index contributed by atoms with van der Waals surface area (Å²) < 4.78 is 0. The molecule has 0 bridgehead atoms. The lowest BCUT2D eigenvalue weighted by Crippen LogP contribution is -2.21. The van der Waals surface area contributed by atoms with Gasteiger partial charge in [0.1, 0.15) is 11.4 Å². The molecule has 0 aliphatic carbocycles. The minimum absolute atomic E-state index is 0.134. The molecule has 0 aliphatic heterocycles. The molecule has 0 aliphatic rings. The number of hydrogen-bond donors (Lipinski definition) is 2. The van der Waals surface area contributed by atoms with E-state index in [9.17, 15) is 10.2 Å². The first-order valence-electron chi connectivity index (χ1n) is 8.51. The highest BCUT2D eigenvalue weighted by Crippen LogP contribution is 2.39. The van der Waals surface area contributed by atoms with E-state index in [4.69, 9.17) is 23.2 Å². The second kappa shape index (κ2) is 8.24. The van der Waals surface area contributed by atoms with Gasteiger partial charge in [-0.05, 0) is 30.2 Å². The molecular weight excluding hydrogens is 359 g/mol. The van der Waals surface area contributed by atoms with Gasteiger partial charge in [-0.2, -0.15) is 9.97 Å². The molecule has 25 heavy (non-hydrogen) atoms. The van der Waals surface area contributed by atoms with Gasteiger partial charge < -0.3 is 10.2 Å². The number of benzene rings is 1. The third kappa shape index (κ3) is 4.99. The molecule has 1 heterocycles. The van der Waals surface area contributed by atoms with Gasteiger partial charge in [0.05, 0.1) is 0 Å². The quantitative estimate of drug-likeness (QED) is 0.566. The van der Waals surface area contributed by atoms with Crippen molar-refractivity contribution in [2.45, 2.75) is 58.3 Å². The molecule has 136 valence electrons. The molecule has 6 heteroatoms. The summed E-state index contributed by atoms with van der Waals surface area (Å²) in [5, 5.41) is 21.6. The average molecular weight is 383 g/mol. The Morgan fingerprint density at radius 1 is 0.920 bits per heavy atom. The average Bonchev–Trinajstić information content (AvgIpc) is 2.50. The predicted molar refractivity (Wildman–Crippen MR) is 103 cm³/mol. The van der Waals surface area contributed by atoms with Crippen LogP contribution in [0.3, 0.4) is 0 Å². The molecule has 0 saturated heterocycles. The number of hydrogen-bond acceptors (Lipinski definition) is 4. The normalized spacial score (nSPS) is 11.7. The molecule has 1 aromatic heterocycles. The summed E-state index contributed by atoms with van der Waals surface area (Å²) in [5.74, 6) is -0.124. The number of aromatic hydroxyl groups is 2. The van der Waals surface area contributed by atoms with Crippen LogP contribution in [0.25, 0.3) is 11.1 Å². The Labute approximate surface area is 158 Å². The SMILES string of the molecule is CCCCCCC(C)(C)c1nc(O)c(-c2cc(Cl)cc(Cl)c2)c(O)n1. The fourth-order valence-corrected chi connectivity index (χ4v) is 3.33. The van der Waals surface area contributed by atoms with E-state index in [-0.39, 0.29) is 22.7 Å². The Hall–Kier alpha value is -1.52. The zero-order valence-corrected chi connectivity index (χ0v) is 16.3. The van der Waals surface area contributed by atoms with E-state index in [2.05, 4.69) is 16.9 Å². The lowest BCUT2D eigenvalue weighted by atomic mass is 9.85. The van der Waals surface area contributed by atoms with Crippen molar-refractivity contribution in [2.24, 2.45) is 0 Å². The Morgan fingerprint density at radius 3 is 2.00 bits per heavy atom. The van der Waals surface area contributed by atoms with Crippen molar-refractivity contribution in [2.75, 3.05) is 0 Å². The van der Waals surface area contributed by atoms with Crippen molar-refractivity contribution in [3.8, 4) is 22.9 Å². The van der Waals surface area contributed by atoms with E-state index in [1.807, 2.05) is 13.8 Å². The summed E-state index contributed by atoms with van der Waals surface area (Å²) in [6.45, 7) is 6.21. The van der Waals surface area contributed by atoms with Crippen LogP contribution >= 0.6 is 23.2 Å². The third-order valence-electron chi connectivity index (χ3n) is 4.28. The summed E-state index contributed by atoms with van der Waals surface area (Å²) in [5.41, 5.74) is 0.266. The van der Waals surface area contributed by atoms with Crippen molar-refractivity contribution in [1.29, 1.82) is 0 Å². The molecule has 0 spiro atoms. The largest absolute Gasteiger partial charge is 0.493 e. The Morgan fingerprint density at radius 2 is 1.48 bits per heavy atom. The van der Waals surface area contributed by atoms with E-state index in [0.29, 0.717) is 21.4 Å². The molecule has 0 amide bonds. The van der Waals surface area contributed by atoms with E-state index < -0.39 is 0 Å².